The molecule has 1 saturated heterocycles. The summed E-state index contributed by atoms with van der Waals surface area (Å²) in [5.74, 6) is 0. The number of aromatic nitrogens is 2. The van der Waals surface area contributed by atoms with Crippen LogP contribution in [0.15, 0.2) is 73.1 Å². The molecule has 1 aliphatic heterocycles. The van der Waals surface area contributed by atoms with Crippen molar-refractivity contribution in [2.45, 2.75) is 19.6 Å². The Labute approximate surface area is 182 Å². The average Bonchev–Trinajstić information content (AvgIpc) is 3.23. The topological polar surface area (TPSA) is 50.5 Å². The molecule has 158 valence electrons. The predicted molar refractivity (Wildman–Crippen MR) is 123 cm³/mol. The Hall–Kier alpha value is -2.99. The van der Waals surface area contributed by atoms with Crippen molar-refractivity contribution in [3.63, 3.8) is 0 Å². The van der Waals surface area contributed by atoms with Crippen molar-refractivity contribution in [1.82, 2.24) is 14.5 Å². The lowest BCUT2D eigenvalue weighted by Crippen LogP contribution is -2.35. The Morgan fingerprint density at radius 3 is 2.68 bits per heavy atom. The van der Waals surface area contributed by atoms with Crippen LogP contribution in [0.2, 0.25) is 0 Å². The Bertz CT molecular complexity index is 1190. The summed E-state index contributed by atoms with van der Waals surface area (Å²) in [5.41, 5.74) is 7.66. The largest absolute Gasteiger partial charge is 0.389 e. The maximum Gasteiger partial charge on any atom is 0.100 e. The van der Waals surface area contributed by atoms with E-state index in [-0.39, 0.29) is 0 Å². The van der Waals surface area contributed by atoms with Crippen molar-refractivity contribution >= 4 is 11.0 Å². The van der Waals surface area contributed by atoms with Gasteiger partial charge >= 0.3 is 0 Å². The van der Waals surface area contributed by atoms with E-state index in [0.29, 0.717) is 0 Å². The minimum absolute atomic E-state index is 0.499. The molecule has 0 unspecified atom stereocenters. The molecule has 1 aliphatic rings. The van der Waals surface area contributed by atoms with Crippen LogP contribution in [-0.2, 0) is 11.3 Å². The Balaban J connectivity index is 1.50. The molecule has 0 radical (unpaired) electrons. The van der Waals surface area contributed by atoms with Gasteiger partial charge in [0, 0.05) is 25.3 Å². The van der Waals surface area contributed by atoms with E-state index >= 15 is 0 Å². The molecule has 0 spiro atoms. The summed E-state index contributed by atoms with van der Waals surface area (Å²) in [6.07, 6.45) is 1.36. The fourth-order valence-electron chi connectivity index (χ4n) is 4.26. The van der Waals surface area contributed by atoms with Crippen LogP contribution in [0.1, 0.15) is 24.2 Å². The number of rotatable bonds is 5. The van der Waals surface area contributed by atoms with Crippen molar-refractivity contribution < 1.29 is 9.84 Å². The lowest BCUT2D eigenvalue weighted by molar-refractivity contribution is 0.0342. The van der Waals surface area contributed by atoms with Gasteiger partial charge in [-0.25, -0.2) is 4.98 Å². The molecule has 5 nitrogen and oxygen atoms in total. The van der Waals surface area contributed by atoms with Gasteiger partial charge in [0.2, 0.25) is 0 Å². The van der Waals surface area contributed by atoms with Crippen LogP contribution in [0.4, 0.5) is 0 Å². The zero-order chi connectivity index (χ0) is 21.2. The first-order valence-electron chi connectivity index (χ1n) is 10.8. The van der Waals surface area contributed by atoms with E-state index in [4.69, 9.17) is 4.74 Å². The first-order chi connectivity index (χ1) is 15.2. The molecule has 1 aromatic heterocycles. The zero-order valence-electron chi connectivity index (χ0n) is 17.7. The maximum atomic E-state index is 9.87. The summed E-state index contributed by atoms with van der Waals surface area (Å²) in [6, 6.07) is 23.2. The second-order valence-corrected chi connectivity index (χ2v) is 8.13. The Morgan fingerprint density at radius 2 is 1.84 bits per heavy atom. The number of hydrogen-bond donors (Lipinski definition) is 1. The first kappa shape index (κ1) is 19.9. The fourth-order valence-corrected chi connectivity index (χ4v) is 4.26. The van der Waals surface area contributed by atoms with E-state index in [0.717, 1.165) is 55.1 Å². The first-order valence-corrected chi connectivity index (χ1v) is 10.8. The third kappa shape index (κ3) is 4.12. The smallest absolute Gasteiger partial charge is 0.100 e. The predicted octanol–water partition coefficient (Wildman–Crippen LogP) is 4.58. The highest BCUT2D eigenvalue weighted by atomic mass is 16.5. The minimum Gasteiger partial charge on any atom is -0.389 e. The van der Waals surface area contributed by atoms with E-state index < -0.39 is 6.10 Å². The fraction of sp³-hybridized carbons (Fsp3) is 0.269. The van der Waals surface area contributed by atoms with Gasteiger partial charge in [-0.2, -0.15) is 0 Å². The summed E-state index contributed by atoms with van der Waals surface area (Å²) in [6.45, 7) is 6.27. The third-order valence-electron chi connectivity index (χ3n) is 6.00. The van der Waals surface area contributed by atoms with Gasteiger partial charge in [0.25, 0.3) is 0 Å². The molecule has 31 heavy (non-hydrogen) atoms. The molecule has 3 aromatic carbocycles. The summed E-state index contributed by atoms with van der Waals surface area (Å²) >= 11 is 0. The van der Waals surface area contributed by atoms with Gasteiger partial charge < -0.3 is 9.84 Å². The zero-order valence-corrected chi connectivity index (χ0v) is 17.7. The molecular weight excluding hydrogens is 386 g/mol. The van der Waals surface area contributed by atoms with Gasteiger partial charge in [-0.05, 0) is 53.4 Å². The number of fused-ring (bicyclic) bond motifs is 1. The van der Waals surface area contributed by atoms with Gasteiger partial charge in [0.05, 0.1) is 30.4 Å². The number of nitrogens with zero attached hydrogens (tertiary/aromatic N) is 3. The Kier molecular flexibility index (Phi) is 5.55. The summed E-state index contributed by atoms with van der Waals surface area (Å²) < 4.78 is 7.61. The lowest BCUT2D eigenvalue weighted by atomic mass is 9.98. The lowest BCUT2D eigenvalue weighted by Gasteiger charge is -2.27. The number of aliphatic hydroxyl groups is 1. The van der Waals surface area contributed by atoms with Crippen LogP contribution in [0.5, 0.6) is 0 Å². The van der Waals surface area contributed by atoms with Crippen LogP contribution < -0.4 is 0 Å². The van der Waals surface area contributed by atoms with Crippen LogP contribution in [0, 0.1) is 0 Å². The molecule has 1 fully saturated rings. The molecule has 0 saturated carbocycles. The van der Waals surface area contributed by atoms with Gasteiger partial charge in [0.15, 0.2) is 0 Å². The molecule has 5 rings (SSSR count). The second-order valence-electron chi connectivity index (χ2n) is 8.13. The van der Waals surface area contributed by atoms with E-state index in [9.17, 15) is 5.11 Å². The van der Waals surface area contributed by atoms with E-state index in [1.54, 1.807) is 6.92 Å². The van der Waals surface area contributed by atoms with Gasteiger partial charge in [0.1, 0.15) is 6.33 Å². The highest BCUT2D eigenvalue weighted by Crippen LogP contribution is 2.29. The number of imidazole rings is 1. The Morgan fingerprint density at radius 1 is 1.00 bits per heavy atom. The molecule has 4 aromatic rings. The summed E-state index contributed by atoms with van der Waals surface area (Å²) in [5, 5.41) is 9.87. The van der Waals surface area contributed by atoms with Crippen LogP contribution in [0.25, 0.3) is 27.8 Å². The SMILES string of the molecule is C[C@H](O)c1ccc2c(c1)ncn2-c1cccc(-c2ccccc2CN2CCOCC2)c1. The summed E-state index contributed by atoms with van der Waals surface area (Å²) in [4.78, 5) is 7.02. The molecule has 0 aliphatic carbocycles. The standard InChI is InChI=1S/C26H27N3O2/c1-19(30)20-9-10-26-25(16-20)27-18-29(26)23-7-4-6-21(15-23)24-8-3-2-5-22(24)17-28-11-13-31-14-12-28/h2-10,15-16,18-19,30H,11-14,17H2,1H3/t19-/m0/s1. The summed E-state index contributed by atoms with van der Waals surface area (Å²) in [7, 11) is 0. The number of morpholine rings is 1. The van der Waals surface area contributed by atoms with Gasteiger partial charge in [-0.3, -0.25) is 9.47 Å². The number of benzene rings is 3. The highest BCUT2D eigenvalue weighted by molar-refractivity contribution is 5.79. The van der Waals surface area contributed by atoms with Crippen molar-refractivity contribution in [2.75, 3.05) is 26.3 Å². The van der Waals surface area contributed by atoms with Crippen molar-refractivity contribution in [3.05, 3.63) is 84.2 Å². The van der Waals surface area contributed by atoms with Crippen LogP contribution >= 0.6 is 0 Å². The third-order valence-corrected chi connectivity index (χ3v) is 6.00. The maximum absolute atomic E-state index is 9.87. The van der Waals surface area contributed by atoms with Gasteiger partial charge in [-0.15, -0.1) is 0 Å². The highest BCUT2D eigenvalue weighted by Gasteiger charge is 2.14. The molecule has 1 N–H and O–H groups in total. The number of aliphatic hydroxyl groups excluding tert-OH is 1. The normalized spacial score (nSPS) is 15.9. The van der Waals surface area contributed by atoms with Gasteiger partial charge in [-0.1, -0.05) is 42.5 Å². The van der Waals surface area contributed by atoms with Crippen molar-refractivity contribution in [1.29, 1.82) is 0 Å². The van der Waals surface area contributed by atoms with E-state index in [1.165, 1.54) is 16.7 Å². The number of hydrogen-bond acceptors (Lipinski definition) is 4. The molecule has 5 heteroatoms. The van der Waals surface area contributed by atoms with Crippen molar-refractivity contribution in [2.24, 2.45) is 0 Å². The second kappa shape index (κ2) is 8.63. The molecule has 1 atom stereocenters. The molecule has 0 bridgehead atoms. The average molecular weight is 414 g/mol. The van der Waals surface area contributed by atoms with Crippen LogP contribution in [-0.4, -0.2) is 45.9 Å². The quantitative estimate of drug-likeness (QED) is 0.520. The molecular formula is C26H27N3O2. The van der Waals surface area contributed by atoms with E-state index in [1.807, 2.05) is 24.5 Å². The van der Waals surface area contributed by atoms with Crippen molar-refractivity contribution in [3.8, 4) is 16.8 Å². The monoisotopic (exact) mass is 413 g/mol. The number of ether oxygens (including phenoxy) is 1. The minimum atomic E-state index is -0.499. The molecule has 0 amide bonds. The van der Waals surface area contributed by atoms with E-state index in [2.05, 4.69) is 63.0 Å². The van der Waals surface area contributed by atoms with Crippen LogP contribution in [0.3, 0.4) is 0 Å². The molecule has 2 heterocycles.